The van der Waals surface area contributed by atoms with E-state index in [-0.39, 0.29) is 17.5 Å². The van der Waals surface area contributed by atoms with Crippen molar-refractivity contribution in [2.24, 2.45) is 0 Å². The summed E-state index contributed by atoms with van der Waals surface area (Å²) in [6.07, 6.45) is 0.845. The highest BCUT2D eigenvalue weighted by Gasteiger charge is 2.46. The Morgan fingerprint density at radius 1 is 1.30 bits per heavy atom. The lowest BCUT2D eigenvalue weighted by Gasteiger charge is -2.46. The maximum absolute atomic E-state index is 13.2. The van der Waals surface area contributed by atoms with E-state index in [1.165, 1.54) is 4.90 Å². The van der Waals surface area contributed by atoms with Crippen molar-refractivity contribution in [2.75, 3.05) is 0 Å². The lowest BCUT2D eigenvalue weighted by Crippen LogP contribution is -2.62. The Balaban J connectivity index is 2.39. The second kappa shape index (κ2) is 5.74. The molecule has 1 unspecified atom stereocenters. The van der Waals surface area contributed by atoms with E-state index in [1.54, 1.807) is 6.92 Å². The van der Waals surface area contributed by atoms with Gasteiger partial charge in [0, 0.05) is 18.9 Å². The van der Waals surface area contributed by atoms with Crippen LogP contribution in [0.15, 0.2) is 4.42 Å². The van der Waals surface area contributed by atoms with Gasteiger partial charge in [-0.3, -0.25) is 9.69 Å². The van der Waals surface area contributed by atoms with Gasteiger partial charge >= 0.3 is 6.03 Å². The molecule has 1 saturated heterocycles. The topological polar surface area (TPSA) is 79.5 Å². The number of likely N-dealkylation sites (tertiary alicyclic amines) is 1. The zero-order chi connectivity index (χ0) is 17.6. The van der Waals surface area contributed by atoms with Gasteiger partial charge in [0.15, 0.2) is 8.24 Å². The van der Waals surface area contributed by atoms with Crippen molar-refractivity contribution in [1.82, 2.24) is 19.7 Å². The third kappa shape index (κ3) is 3.46. The second-order valence-corrected chi connectivity index (χ2v) is 12.7. The number of hydrogen-bond acceptors (Lipinski definition) is 5. The van der Waals surface area contributed by atoms with Gasteiger partial charge in [-0.05, 0) is 27.2 Å². The number of carbonyl (C=O) groups excluding carboxylic acids is 2. The molecule has 1 aliphatic heterocycles. The summed E-state index contributed by atoms with van der Waals surface area (Å²) >= 11 is 0. The average molecular weight is 338 g/mol. The first kappa shape index (κ1) is 17.6. The van der Waals surface area contributed by atoms with Crippen LogP contribution in [-0.4, -0.2) is 45.4 Å². The molecule has 0 N–H and O–H groups in total. The molecule has 0 aromatic carbocycles. The molecular weight excluding hydrogens is 312 g/mol. The molecule has 0 spiro atoms. The molecular formula is C15H26N4O3Si. The monoisotopic (exact) mass is 338 g/mol. The smallest absolute Gasteiger partial charge is 0.319 e. The number of rotatable bonds is 2. The van der Waals surface area contributed by atoms with Crippen molar-refractivity contribution in [3.63, 3.8) is 0 Å². The van der Waals surface area contributed by atoms with Crippen LogP contribution >= 0.6 is 0 Å². The molecule has 128 valence electrons. The summed E-state index contributed by atoms with van der Waals surface area (Å²) in [5.74, 6) is 0.596. The molecule has 2 rings (SSSR count). The van der Waals surface area contributed by atoms with Gasteiger partial charge in [-0.15, -0.1) is 10.2 Å². The Morgan fingerprint density at radius 3 is 2.35 bits per heavy atom. The molecule has 1 aliphatic rings. The quantitative estimate of drug-likeness (QED) is 0.774. The highest BCUT2D eigenvalue weighted by molar-refractivity contribution is 6.75. The van der Waals surface area contributed by atoms with Gasteiger partial charge in [0.25, 0.3) is 0 Å². The van der Waals surface area contributed by atoms with Crippen LogP contribution in [0.25, 0.3) is 0 Å². The van der Waals surface area contributed by atoms with Crippen molar-refractivity contribution >= 4 is 20.2 Å². The van der Waals surface area contributed by atoms with E-state index >= 15 is 0 Å². The summed E-state index contributed by atoms with van der Waals surface area (Å²) in [5.41, 5.74) is -0.361. The van der Waals surface area contributed by atoms with Gasteiger partial charge in [-0.2, -0.15) is 0 Å². The minimum atomic E-state index is -1.98. The summed E-state index contributed by atoms with van der Waals surface area (Å²) < 4.78 is 7.35. The minimum absolute atomic E-state index is 0.177. The van der Waals surface area contributed by atoms with Crippen LogP contribution in [0.3, 0.4) is 0 Å². The van der Waals surface area contributed by atoms with E-state index in [0.29, 0.717) is 24.6 Å². The van der Waals surface area contributed by atoms with E-state index in [9.17, 15) is 9.59 Å². The molecule has 2 heterocycles. The number of urea groups is 1. The number of hydrogen-bond donors (Lipinski definition) is 0. The highest BCUT2D eigenvalue weighted by Crippen LogP contribution is 2.35. The SMILES string of the molecule is Cc1nnc(C2CCC(=O)N2C(=O)N(C(C)(C)C)[Si](C)(C)C)o1. The molecule has 1 aromatic heterocycles. The van der Waals surface area contributed by atoms with Crippen LogP contribution in [0.4, 0.5) is 4.79 Å². The highest BCUT2D eigenvalue weighted by atomic mass is 28.3. The van der Waals surface area contributed by atoms with Gasteiger partial charge in [0.1, 0.15) is 6.04 Å². The van der Waals surface area contributed by atoms with Crippen molar-refractivity contribution in [1.29, 1.82) is 0 Å². The molecule has 7 nitrogen and oxygen atoms in total. The van der Waals surface area contributed by atoms with Crippen LogP contribution in [0.1, 0.15) is 51.4 Å². The van der Waals surface area contributed by atoms with E-state index in [4.69, 9.17) is 4.42 Å². The summed E-state index contributed by atoms with van der Waals surface area (Å²) in [7, 11) is -1.98. The Kier molecular flexibility index (Phi) is 4.40. The number of carbonyl (C=O) groups is 2. The van der Waals surface area contributed by atoms with Crippen LogP contribution in [-0.2, 0) is 4.79 Å². The molecule has 3 amide bonds. The van der Waals surface area contributed by atoms with Crippen molar-refractivity contribution < 1.29 is 14.0 Å². The van der Waals surface area contributed by atoms with Gasteiger partial charge in [-0.25, -0.2) is 4.79 Å². The predicted molar refractivity (Wildman–Crippen MR) is 88.2 cm³/mol. The predicted octanol–water partition coefficient (Wildman–Crippen LogP) is 3.10. The first-order valence-electron chi connectivity index (χ1n) is 7.89. The molecule has 23 heavy (non-hydrogen) atoms. The normalized spacial score (nSPS) is 19.3. The molecule has 1 fully saturated rings. The van der Waals surface area contributed by atoms with Crippen LogP contribution in [0, 0.1) is 6.92 Å². The van der Waals surface area contributed by atoms with Crippen molar-refractivity contribution in [3.05, 3.63) is 11.8 Å². The van der Waals surface area contributed by atoms with Crippen LogP contribution in [0.2, 0.25) is 19.6 Å². The molecule has 1 aromatic rings. The maximum Gasteiger partial charge on any atom is 0.319 e. The number of aryl methyl sites for hydroxylation is 1. The van der Waals surface area contributed by atoms with Crippen LogP contribution in [0.5, 0.6) is 0 Å². The molecule has 0 bridgehead atoms. The van der Waals surface area contributed by atoms with Crippen LogP contribution < -0.4 is 0 Å². The first-order chi connectivity index (χ1) is 10.4. The summed E-state index contributed by atoms with van der Waals surface area (Å²) in [5, 5.41) is 7.83. The number of amides is 3. The van der Waals surface area contributed by atoms with Gasteiger partial charge in [0.2, 0.25) is 17.7 Å². The Hall–Kier alpha value is -1.70. The Bertz CT molecular complexity index is 601. The van der Waals surface area contributed by atoms with Gasteiger partial charge < -0.3 is 8.98 Å². The molecule has 8 heteroatoms. The second-order valence-electron chi connectivity index (χ2n) is 7.94. The van der Waals surface area contributed by atoms with E-state index < -0.39 is 14.3 Å². The summed E-state index contributed by atoms with van der Waals surface area (Å²) in [6.45, 7) is 14.0. The fourth-order valence-corrected chi connectivity index (χ4v) is 5.99. The zero-order valence-electron chi connectivity index (χ0n) is 15.0. The first-order valence-corrected chi connectivity index (χ1v) is 11.3. The Morgan fingerprint density at radius 2 is 1.91 bits per heavy atom. The molecule has 1 atom stereocenters. The van der Waals surface area contributed by atoms with Gasteiger partial charge in [-0.1, -0.05) is 19.6 Å². The molecule has 0 saturated carbocycles. The van der Waals surface area contributed by atoms with Gasteiger partial charge in [0.05, 0.1) is 0 Å². The summed E-state index contributed by atoms with van der Waals surface area (Å²) in [6, 6.07) is -0.711. The fourth-order valence-electron chi connectivity index (χ4n) is 3.29. The van der Waals surface area contributed by atoms with E-state index in [2.05, 4.69) is 29.8 Å². The molecule has 0 aliphatic carbocycles. The average Bonchev–Trinajstić information content (AvgIpc) is 2.91. The largest absolute Gasteiger partial charge is 0.423 e. The third-order valence-electron chi connectivity index (χ3n) is 3.78. The number of nitrogens with zero attached hydrogens (tertiary/aromatic N) is 4. The third-order valence-corrected chi connectivity index (χ3v) is 5.98. The van der Waals surface area contributed by atoms with E-state index in [1.807, 2.05) is 25.3 Å². The minimum Gasteiger partial charge on any atom is -0.423 e. The van der Waals surface area contributed by atoms with Crippen molar-refractivity contribution in [2.45, 2.75) is 71.8 Å². The lowest BCUT2D eigenvalue weighted by atomic mass is 10.1. The van der Waals surface area contributed by atoms with E-state index in [0.717, 1.165) is 0 Å². The Labute approximate surface area is 138 Å². The zero-order valence-corrected chi connectivity index (χ0v) is 16.0. The molecule has 0 radical (unpaired) electrons. The summed E-state index contributed by atoms with van der Waals surface area (Å²) in [4.78, 5) is 26.9. The number of aromatic nitrogens is 2. The van der Waals surface area contributed by atoms with Crippen molar-refractivity contribution in [3.8, 4) is 0 Å². The maximum atomic E-state index is 13.2. The standard InChI is InChI=1S/C15H26N4O3Si/c1-10-16-17-13(22-10)11-8-9-12(20)18(11)14(21)19(15(2,3)4)23(5,6)7/h11H,8-9H2,1-7H3. The fraction of sp³-hybridized carbons (Fsp3) is 0.733. The number of imide groups is 1. The lowest BCUT2D eigenvalue weighted by molar-refractivity contribution is -0.126.